The van der Waals surface area contributed by atoms with Gasteiger partial charge < -0.3 is 10.4 Å². The Balaban J connectivity index is 2.12. The highest BCUT2D eigenvalue weighted by Gasteiger charge is 2.41. The summed E-state index contributed by atoms with van der Waals surface area (Å²) in [5.41, 5.74) is 0.204. The van der Waals surface area contributed by atoms with E-state index in [1.807, 2.05) is 36.4 Å². The number of fused-ring (bicyclic) bond motifs is 1. The Kier molecular flexibility index (Phi) is 2.99. The molecule has 0 spiro atoms. The maximum Gasteiger partial charge on any atom is 0.314 e. The molecular weight excluding hydrogens is 238 g/mol. The summed E-state index contributed by atoms with van der Waals surface area (Å²) in [6.45, 7) is 1.53. The monoisotopic (exact) mass is 255 g/mol. The molecule has 1 fully saturated rings. The fraction of sp³-hybridized carbons (Fsp3) is 0.312. The summed E-state index contributed by atoms with van der Waals surface area (Å²) in [7, 11) is 0. The van der Waals surface area contributed by atoms with Gasteiger partial charge in [-0.1, -0.05) is 42.5 Å². The first-order chi connectivity index (χ1) is 9.22. The first kappa shape index (κ1) is 12.2. The van der Waals surface area contributed by atoms with E-state index in [1.165, 1.54) is 0 Å². The van der Waals surface area contributed by atoms with Crippen LogP contribution in [0.1, 0.15) is 18.4 Å². The molecule has 1 heterocycles. The summed E-state index contributed by atoms with van der Waals surface area (Å²) >= 11 is 0. The van der Waals surface area contributed by atoms with Crippen molar-refractivity contribution >= 4 is 16.7 Å². The van der Waals surface area contributed by atoms with Crippen LogP contribution in [0.25, 0.3) is 10.8 Å². The Morgan fingerprint density at radius 1 is 1.05 bits per heavy atom. The van der Waals surface area contributed by atoms with E-state index in [4.69, 9.17) is 0 Å². The average molecular weight is 255 g/mol. The number of carboxylic acids is 1. The quantitative estimate of drug-likeness (QED) is 0.867. The van der Waals surface area contributed by atoms with Crippen LogP contribution in [0, 0.1) is 0 Å². The average Bonchev–Trinajstić information content (AvgIpc) is 2.47. The molecule has 0 radical (unpaired) electrons. The van der Waals surface area contributed by atoms with Gasteiger partial charge in [-0.3, -0.25) is 4.79 Å². The Morgan fingerprint density at radius 3 is 2.42 bits per heavy atom. The molecule has 0 unspecified atom stereocenters. The number of hydrogen-bond donors (Lipinski definition) is 2. The van der Waals surface area contributed by atoms with Gasteiger partial charge in [0.1, 0.15) is 0 Å². The van der Waals surface area contributed by atoms with Gasteiger partial charge in [0.05, 0.1) is 5.41 Å². The summed E-state index contributed by atoms with van der Waals surface area (Å²) in [6, 6.07) is 14.1. The van der Waals surface area contributed by atoms with Crippen LogP contribution in [0.5, 0.6) is 0 Å². The fourth-order valence-corrected chi connectivity index (χ4v) is 2.97. The molecule has 98 valence electrons. The van der Waals surface area contributed by atoms with Crippen molar-refractivity contribution in [1.29, 1.82) is 0 Å². The molecule has 2 aromatic rings. The predicted octanol–water partition coefficient (Wildman–Crippen LogP) is 2.55. The van der Waals surface area contributed by atoms with E-state index in [1.54, 1.807) is 0 Å². The van der Waals surface area contributed by atoms with Gasteiger partial charge in [0.15, 0.2) is 0 Å². The lowest BCUT2D eigenvalue weighted by Crippen LogP contribution is -2.45. The molecule has 1 aliphatic heterocycles. The summed E-state index contributed by atoms with van der Waals surface area (Å²) < 4.78 is 0. The summed E-state index contributed by atoms with van der Waals surface area (Å²) in [5, 5.41) is 15.2. The van der Waals surface area contributed by atoms with Gasteiger partial charge in [0.25, 0.3) is 0 Å². The van der Waals surface area contributed by atoms with Crippen LogP contribution in [0.15, 0.2) is 42.5 Å². The fourth-order valence-electron chi connectivity index (χ4n) is 2.97. The highest BCUT2D eigenvalue weighted by molar-refractivity contribution is 5.87. The molecule has 3 nitrogen and oxygen atoms in total. The zero-order valence-electron chi connectivity index (χ0n) is 10.7. The molecule has 2 aromatic carbocycles. The van der Waals surface area contributed by atoms with Gasteiger partial charge in [-0.2, -0.15) is 0 Å². The second-order valence-electron chi connectivity index (χ2n) is 5.20. The number of hydrogen-bond acceptors (Lipinski definition) is 2. The van der Waals surface area contributed by atoms with Crippen LogP contribution in [-0.4, -0.2) is 24.2 Å². The highest BCUT2D eigenvalue weighted by atomic mass is 16.4. The zero-order chi connectivity index (χ0) is 13.3. The molecular formula is C16H17NO2. The summed E-state index contributed by atoms with van der Waals surface area (Å²) in [5.74, 6) is -0.704. The number of nitrogens with one attached hydrogen (secondary N) is 1. The molecule has 0 bridgehead atoms. The van der Waals surface area contributed by atoms with Crippen LogP contribution in [0.4, 0.5) is 0 Å². The minimum atomic E-state index is -0.727. The molecule has 0 aliphatic carbocycles. The van der Waals surface area contributed by atoms with Gasteiger partial charge >= 0.3 is 5.97 Å². The molecule has 3 rings (SSSR count). The Bertz CT molecular complexity index is 615. The molecule has 1 aliphatic rings. The Morgan fingerprint density at radius 2 is 1.74 bits per heavy atom. The SMILES string of the molecule is O=C(O)C1(c2ccc3ccccc3c2)CCNCC1. The molecule has 0 aromatic heterocycles. The number of piperidine rings is 1. The lowest BCUT2D eigenvalue weighted by Gasteiger charge is -2.34. The molecule has 3 heteroatoms. The van der Waals surface area contributed by atoms with Crippen LogP contribution in [0.3, 0.4) is 0 Å². The third kappa shape index (κ3) is 2.00. The van der Waals surface area contributed by atoms with Gasteiger partial charge in [0.2, 0.25) is 0 Å². The first-order valence-corrected chi connectivity index (χ1v) is 6.66. The van der Waals surface area contributed by atoms with Crippen molar-refractivity contribution in [2.24, 2.45) is 0 Å². The lowest BCUT2D eigenvalue weighted by molar-refractivity contribution is -0.145. The topological polar surface area (TPSA) is 49.3 Å². The second-order valence-corrected chi connectivity index (χ2v) is 5.20. The third-order valence-electron chi connectivity index (χ3n) is 4.17. The summed E-state index contributed by atoms with van der Waals surface area (Å²) in [6.07, 6.45) is 1.31. The van der Waals surface area contributed by atoms with E-state index < -0.39 is 11.4 Å². The van der Waals surface area contributed by atoms with E-state index in [0.29, 0.717) is 12.8 Å². The molecule has 0 atom stereocenters. The maximum absolute atomic E-state index is 11.8. The first-order valence-electron chi connectivity index (χ1n) is 6.66. The van der Waals surface area contributed by atoms with Crippen molar-refractivity contribution in [3.05, 3.63) is 48.0 Å². The summed E-state index contributed by atoms with van der Waals surface area (Å²) in [4.78, 5) is 11.8. The molecule has 0 saturated carbocycles. The minimum absolute atomic E-state index is 0.653. The lowest BCUT2D eigenvalue weighted by atomic mass is 9.73. The van der Waals surface area contributed by atoms with Crippen molar-refractivity contribution < 1.29 is 9.90 Å². The largest absolute Gasteiger partial charge is 0.481 e. The normalized spacial score (nSPS) is 18.3. The van der Waals surface area contributed by atoms with Crippen molar-refractivity contribution in [3.8, 4) is 0 Å². The van der Waals surface area contributed by atoms with Gasteiger partial charge in [-0.05, 0) is 42.3 Å². The van der Waals surface area contributed by atoms with Crippen LogP contribution >= 0.6 is 0 Å². The maximum atomic E-state index is 11.8. The number of aliphatic carboxylic acids is 1. The molecule has 19 heavy (non-hydrogen) atoms. The second kappa shape index (κ2) is 4.67. The van der Waals surface area contributed by atoms with Crippen molar-refractivity contribution in [2.45, 2.75) is 18.3 Å². The van der Waals surface area contributed by atoms with E-state index in [0.717, 1.165) is 29.4 Å². The standard InChI is InChI=1S/C16H17NO2/c18-15(19)16(7-9-17-10-8-16)14-6-5-12-3-1-2-4-13(12)11-14/h1-6,11,17H,7-10H2,(H,18,19). The zero-order valence-corrected chi connectivity index (χ0v) is 10.7. The van der Waals surface area contributed by atoms with Crippen molar-refractivity contribution in [3.63, 3.8) is 0 Å². The minimum Gasteiger partial charge on any atom is -0.481 e. The third-order valence-corrected chi connectivity index (χ3v) is 4.17. The Labute approximate surface area is 112 Å². The van der Waals surface area contributed by atoms with Crippen molar-refractivity contribution in [1.82, 2.24) is 5.32 Å². The predicted molar refractivity (Wildman–Crippen MR) is 75.4 cm³/mol. The van der Waals surface area contributed by atoms with E-state index in [2.05, 4.69) is 11.4 Å². The molecule has 1 saturated heterocycles. The van der Waals surface area contributed by atoms with E-state index in [-0.39, 0.29) is 0 Å². The number of carboxylic acid groups (broad SMARTS) is 1. The number of rotatable bonds is 2. The van der Waals surface area contributed by atoms with Crippen LogP contribution < -0.4 is 5.32 Å². The van der Waals surface area contributed by atoms with Gasteiger partial charge in [-0.15, -0.1) is 0 Å². The van der Waals surface area contributed by atoms with E-state index in [9.17, 15) is 9.90 Å². The molecule has 0 amide bonds. The highest BCUT2D eigenvalue weighted by Crippen LogP contribution is 2.35. The van der Waals surface area contributed by atoms with Gasteiger partial charge in [0, 0.05) is 0 Å². The van der Waals surface area contributed by atoms with Crippen molar-refractivity contribution in [2.75, 3.05) is 13.1 Å². The number of carbonyl (C=O) groups is 1. The Hall–Kier alpha value is -1.87. The van der Waals surface area contributed by atoms with Crippen LogP contribution in [-0.2, 0) is 10.2 Å². The smallest absolute Gasteiger partial charge is 0.314 e. The van der Waals surface area contributed by atoms with E-state index >= 15 is 0 Å². The molecule has 2 N–H and O–H groups in total. The number of benzene rings is 2. The van der Waals surface area contributed by atoms with Crippen LogP contribution in [0.2, 0.25) is 0 Å². The van der Waals surface area contributed by atoms with Gasteiger partial charge in [-0.25, -0.2) is 0 Å².